The van der Waals surface area contributed by atoms with Gasteiger partial charge in [0.15, 0.2) is 0 Å². The number of hydrogen-bond donors (Lipinski definition) is 1. The standard InChI is InChI=1S/C28H23F7N2O6S/c1-25(2,3)21-14-18(37-10-9-22(38)36-24(37)39)13-20(23(21)42-4)17-6-5-16-12-19(8-7-15(16)11-17)43-44(40,41)28(34,35)26(29,30)27(31,32)33/h5-14H,1-4H3,(H,36,38,39). The third-order valence-corrected chi connectivity index (χ3v) is 7.85. The minimum atomic E-state index is -6.93. The number of fused-ring (bicyclic) bond motifs is 1. The Morgan fingerprint density at radius 3 is 2.00 bits per heavy atom. The highest BCUT2D eigenvalue weighted by Crippen LogP contribution is 2.49. The van der Waals surface area contributed by atoms with Crippen molar-refractivity contribution in [2.45, 2.75) is 43.5 Å². The maximum Gasteiger partial charge on any atom is 0.461 e. The molecule has 0 fully saturated rings. The maximum atomic E-state index is 13.9. The second-order valence-electron chi connectivity index (χ2n) is 10.7. The van der Waals surface area contributed by atoms with Crippen LogP contribution < -0.4 is 20.2 Å². The van der Waals surface area contributed by atoms with Crippen LogP contribution in [0.25, 0.3) is 27.6 Å². The first kappa shape index (κ1) is 32.6. The summed E-state index contributed by atoms with van der Waals surface area (Å²) in [5.74, 6) is -7.43. The van der Waals surface area contributed by atoms with Crippen molar-refractivity contribution >= 4 is 20.9 Å². The molecule has 3 aromatic carbocycles. The van der Waals surface area contributed by atoms with Crippen LogP contribution in [0.3, 0.4) is 0 Å². The first-order valence-electron chi connectivity index (χ1n) is 12.5. The molecule has 236 valence electrons. The number of halogens is 7. The molecule has 16 heteroatoms. The summed E-state index contributed by atoms with van der Waals surface area (Å²) in [4.78, 5) is 26.3. The molecule has 0 atom stereocenters. The van der Waals surface area contributed by atoms with E-state index in [2.05, 4.69) is 9.17 Å². The van der Waals surface area contributed by atoms with Gasteiger partial charge in [-0.1, -0.05) is 39.0 Å². The van der Waals surface area contributed by atoms with E-state index in [1.165, 1.54) is 36.1 Å². The zero-order valence-corrected chi connectivity index (χ0v) is 24.0. The van der Waals surface area contributed by atoms with Crippen LogP contribution in [0.1, 0.15) is 26.3 Å². The summed E-state index contributed by atoms with van der Waals surface area (Å²) < 4.78 is 127. The number of H-pyrrole nitrogens is 1. The van der Waals surface area contributed by atoms with Crippen molar-refractivity contribution in [1.29, 1.82) is 0 Å². The van der Waals surface area contributed by atoms with Gasteiger partial charge in [-0.15, -0.1) is 0 Å². The minimum absolute atomic E-state index is 0.148. The second-order valence-corrected chi connectivity index (χ2v) is 12.2. The van der Waals surface area contributed by atoms with E-state index < -0.39 is 49.9 Å². The lowest BCUT2D eigenvalue weighted by Gasteiger charge is -2.27. The Labute approximate surface area is 244 Å². The first-order chi connectivity index (χ1) is 20.1. The molecule has 0 amide bonds. The fourth-order valence-corrected chi connectivity index (χ4v) is 5.20. The average molecular weight is 649 g/mol. The number of ether oxygens (including phenoxy) is 1. The molecule has 0 saturated carbocycles. The molecule has 4 rings (SSSR count). The van der Waals surface area contributed by atoms with Crippen molar-refractivity contribution in [3.63, 3.8) is 0 Å². The van der Waals surface area contributed by atoms with Crippen molar-refractivity contribution < 1.29 is 48.1 Å². The van der Waals surface area contributed by atoms with Crippen LogP contribution in [0.2, 0.25) is 0 Å². The van der Waals surface area contributed by atoms with Gasteiger partial charge in [-0.2, -0.15) is 39.2 Å². The number of alkyl halides is 7. The quantitative estimate of drug-likeness (QED) is 0.190. The number of nitrogens with zero attached hydrogens (tertiary/aromatic N) is 1. The molecule has 0 spiro atoms. The summed E-state index contributed by atoms with van der Waals surface area (Å²) in [6.45, 7) is 5.70. The predicted molar refractivity (Wildman–Crippen MR) is 146 cm³/mol. The third-order valence-electron chi connectivity index (χ3n) is 6.55. The molecule has 1 heterocycles. The monoisotopic (exact) mass is 648 g/mol. The van der Waals surface area contributed by atoms with Gasteiger partial charge in [-0.05, 0) is 52.1 Å². The van der Waals surface area contributed by atoms with E-state index in [1.807, 2.05) is 20.8 Å². The zero-order chi connectivity index (χ0) is 33.0. The summed E-state index contributed by atoms with van der Waals surface area (Å²) in [6, 6.07) is 11.8. The Morgan fingerprint density at radius 2 is 1.43 bits per heavy atom. The van der Waals surface area contributed by atoms with Crippen LogP contribution in [-0.4, -0.2) is 42.4 Å². The summed E-state index contributed by atoms with van der Waals surface area (Å²) in [6.07, 6.45) is -5.58. The highest BCUT2D eigenvalue weighted by atomic mass is 32.2. The van der Waals surface area contributed by atoms with E-state index in [0.717, 1.165) is 18.2 Å². The lowest BCUT2D eigenvalue weighted by atomic mass is 9.83. The van der Waals surface area contributed by atoms with E-state index in [1.54, 1.807) is 18.2 Å². The third kappa shape index (κ3) is 5.65. The molecule has 44 heavy (non-hydrogen) atoms. The number of nitrogens with one attached hydrogen (secondary N) is 1. The van der Waals surface area contributed by atoms with Gasteiger partial charge in [0.05, 0.1) is 12.8 Å². The molecule has 0 radical (unpaired) electrons. The number of aromatic amines is 1. The molecule has 8 nitrogen and oxygen atoms in total. The maximum absolute atomic E-state index is 13.9. The fourth-order valence-electron chi connectivity index (χ4n) is 4.31. The first-order valence-corrected chi connectivity index (χ1v) is 13.9. The van der Waals surface area contributed by atoms with Crippen LogP contribution in [0, 0.1) is 0 Å². The summed E-state index contributed by atoms with van der Waals surface area (Å²) in [5.41, 5.74) is 0.214. The van der Waals surface area contributed by atoms with Crippen molar-refractivity contribution in [1.82, 2.24) is 9.55 Å². The van der Waals surface area contributed by atoms with Gasteiger partial charge in [0.2, 0.25) is 0 Å². The van der Waals surface area contributed by atoms with E-state index in [4.69, 9.17) is 4.74 Å². The molecular weight excluding hydrogens is 625 g/mol. The fraction of sp³-hybridized carbons (Fsp3) is 0.286. The number of hydrogen-bond acceptors (Lipinski definition) is 6. The van der Waals surface area contributed by atoms with Crippen LogP contribution in [0.4, 0.5) is 30.7 Å². The van der Waals surface area contributed by atoms with Gasteiger partial charge in [0.25, 0.3) is 5.56 Å². The van der Waals surface area contributed by atoms with Crippen molar-refractivity contribution in [2.75, 3.05) is 7.11 Å². The largest absolute Gasteiger partial charge is 0.496 e. The minimum Gasteiger partial charge on any atom is -0.496 e. The van der Waals surface area contributed by atoms with E-state index in [-0.39, 0.29) is 5.39 Å². The SMILES string of the molecule is COc1c(-c2ccc3cc(OS(=O)(=O)C(F)(F)C(F)(F)C(F)(F)F)ccc3c2)cc(-n2ccc(=O)[nH]c2=O)cc1C(C)(C)C. The predicted octanol–water partition coefficient (Wildman–Crippen LogP) is 6.15. The molecule has 0 aliphatic rings. The van der Waals surface area contributed by atoms with E-state index in [9.17, 15) is 48.7 Å². The zero-order valence-electron chi connectivity index (χ0n) is 23.2. The highest BCUT2D eigenvalue weighted by molar-refractivity contribution is 7.88. The molecule has 0 unspecified atom stereocenters. The Kier molecular flexibility index (Phi) is 7.90. The van der Waals surface area contributed by atoms with Gasteiger partial charge in [-0.3, -0.25) is 14.3 Å². The second kappa shape index (κ2) is 10.7. The van der Waals surface area contributed by atoms with Gasteiger partial charge >= 0.3 is 33.2 Å². The molecule has 1 aromatic heterocycles. The molecule has 0 aliphatic heterocycles. The molecule has 0 aliphatic carbocycles. The van der Waals surface area contributed by atoms with Gasteiger partial charge in [0, 0.05) is 23.4 Å². The normalized spacial score (nSPS) is 13.2. The molecule has 0 saturated heterocycles. The van der Waals surface area contributed by atoms with Crippen molar-refractivity contribution in [2.24, 2.45) is 0 Å². The molecule has 4 aromatic rings. The lowest BCUT2D eigenvalue weighted by molar-refractivity contribution is -0.333. The van der Waals surface area contributed by atoms with Gasteiger partial charge in [-0.25, -0.2) is 4.79 Å². The van der Waals surface area contributed by atoms with Gasteiger partial charge < -0.3 is 8.92 Å². The molecular formula is C28H23F7N2O6S. The number of rotatable bonds is 7. The molecule has 0 bridgehead atoms. The van der Waals surface area contributed by atoms with Crippen LogP contribution in [-0.2, 0) is 15.5 Å². The Bertz CT molecular complexity index is 1980. The average Bonchev–Trinajstić information content (AvgIpc) is 2.90. The van der Waals surface area contributed by atoms with E-state index >= 15 is 0 Å². The highest BCUT2D eigenvalue weighted by Gasteiger charge is 2.80. The topological polar surface area (TPSA) is 107 Å². The van der Waals surface area contributed by atoms with Crippen LogP contribution >= 0.6 is 0 Å². The Hall–Kier alpha value is -4.34. The van der Waals surface area contributed by atoms with Crippen molar-refractivity contribution in [3.05, 3.63) is 87.2 Å². The summed E-state index contributed by atoms with van der Waals surface area (Å²) in [5, 5.41) is -6.13. The number of aromatic nitrogens is 2. The Morgan fingerprint density at radius 1 is 0.818 bits per heavy atom. The molecule has 1 N–H and O–H groups in total. The summed E-state index contributed by atoms with van der Waals surface area (Å²) in [7, 11) is -5.37. The van der Waals surface area contributed by atoms with Crippen molar-refractivity contribution in [3.8, 4) is 28.3 Å². The number of methoxy groups -OCH3 is 1. The van der Waals surface area contributed by atoms with Crippen LogP contribution in [0.5, 0.6) is 11.5 Å². The van der Waals surface area contributed by atoms with Crippen LogP contribution in [0.15, 0.2) is 70.4 Å². The lowest BCUT2D eigenvalue weighted by Crippen LogP contribution is -2.57. The summed E-state index contributed by atoms with van der Waals surface area (Å²) >= 11 is 0. The Balaban J connectivity index is 1.82. The van der Waals surface area contributed by atoms with Gasteiger partial charge in [0.1, 0.15) is 11.5 Å². The number of benzene rings is 3. The smallest absolute Gasteiger partial charge is 0.461 e. The van der Waals surface area contributed by atoms with E-state index in [0.29, 0.717) is 33.5 Å².